The van der Waals surface area contributed by atoms with Gasteiger partial charge in [-0.25, -0.2) is 4.98 Å². The van der Waals surface area contributed by atoms with E-state index in [0.717, 1.165) is 36.8 Å². The summed E-state index contributed by atoms with van der Waals surface area (Å²) in [4.78, 5) is 8.98. The lowest BCUT2D eigenvalue weighted by atomic mass is 10.0. The van der Waals surface area contributed by atoms with Crippen molar-refractivity contribution >= 4 is 11.6 Å². The van der Waals surface area contributed by atoms with Gasteiger partial charge in [-0.3, -0.25) is 4.99 Å². The van der Waals surface area contributed by atoms with E-state index in [1.807, 2.05) is 31.4 Å². The van der Waals surface area contributed by atoms with Crippen molar-refractivity contribution in [1.29, 1.82) is 0 Å². The second kappa shape index (κ2) is 7.60. The van der Waals surface area contributed by atoms with E-state index in [1.54, 1.807) is 0 Å². The number of aliphatic imine (C=N–C) groups is 1. The zero-order valence-corrected chi connectivity index (χ0v) is 15.2. The van der Waals surface area contributed by atoms with Crippen LogP contribution < -0.4 is 10.6 Å². The maximum Gasteiger partial charge on any atom is 0.191 e. The number of aryl methyl sites for hydroxylation is 1. The normalized spacial score (nSPS) is 16.7. The SMILES string of the molecule is CN=C(NCCc1cn2ccccc2n1)NCC1CCc2ccccc21. The van der Waals surface area contributed by atoms with Crippen molar-refractivity contribution in [2.45, 2.75) is 25.2 Å². The largest absolute Gasteiger partial charge is 0.356 e. The van der Waals surface area contributed by atoms with Crippen LogP contribution in [0.4, 0.5) is 0 Å². The van der Waals surface area contributed by atoms with E-state index < -0.39 is 0 Å². The smallest absolute Gasteiger partial charge is 0.191 e. The van der Waals surface area contributed by atoms with Crippen molar-refractivity contribution in [3.8, 4) is 0 Å². The fourth-order valence-electron chi connectivity index (χ4n) is 3.71. The number of hydrogen-bond acceptors (Lipinski definition) is 2. The monoisotopic (exact) mass is 347 g/mol. The third-order valence-corrected chi connectivity index (χ3v) is 5.08. The van der Waals surface area contributed by atoms with Crippen LogP contribution in [0.3, 0.4) is 0 Å². The number of nitrogens with zero attached hydrogens (tertiary/aromatic N) is 3. The molecule has 0 aliphatic heterocycles. The molecule has 1 aliphatic rings. The maximum atomic E-state index is 4.63. The van der Waals surface area contributed by atoms with E-state index >= 15 is 0 Å². The van der Waals surface area contributed by atoms with E-state index in [0.29, 0.717) is 5.92 Å². The first-order chi connectivity index (χ1) is 12.8. The molecule has 0 amide bonds. The van der Waals surface area contributed by atoms with Gasteiger partial charge in [0.15, 0.2) is 5.96 Å². The lowest BCUT2D eigenvalue weighted by Crippen LogP contribution is -2.40. The van der Waals surface area contributed by atoms with Gasteiger partial charge in [0, 0.05) is 44.9 Å². The molecule has 0 radical (unpaired) electrons. The molecule has 0 spiro atoms. The zero-order valence-electron chi connectivity index (χ0n) is 15.2. The highest BCUT2D eigenvalue weighted by atomic mass is 15.2. The van der Waals surface area contributed by atoms with Crippen LogP contribution in [0, 0.1) is 0 Å². The molecule has 5 nitrogen and oxygen atoms in total. The summed E-state index contributed by atoms with van der Waals surface area (Å²) in [6.07, 6.45) is 7.38. The molecule has 3 aromatic rings. The van der Waals surface area contributed by atoms with E-state index in [2.05, 4.69) is 55.5 Å². The summed E-state index contributed by atoms with van der Waals surface area (Å²) < 4.78 is 2.06. The average Bonchev–Trinajstić information content (AvgIpc) is 3.28. The summed E-state index contributed by atoms with van der Waals surface area (Å²) >= 11 is 0. The fourth-order valence-corrected chi connectivity index (χ4v) is 3.71. The zero-order chi connectivity index (χ0) is 17.8. The number of guanidine groups is 1. The first-order valence-corrected chi connectivity index (χ1v) is 9.28. The number of rotatable bonds is 5. The molecule has 5 heteroatoms. The number of nitrogens with one attached hydrogen (secondary N) is 2. The lowest BCUT2D eigenvalue weighted by Gasteiger charge is -2.16. The van der Waals surface area contributed by atoms with E-state index in [-0.39, 0.29) is 0 Å². The van der Waals surface area contributed by atoms with E-state index in [9.17, 15) is 0 Å². The number of pyridine rings is 1. The molecule has 26 heavy (non-hydrogen) atoms. The van der Waals surface area contributed by atoms with Gasteiger partial charge in [0.2, 0.25) is 0 Å². The Bertz CT molecular complexity index is 878. The molecule has 1 aliphatic carbocycles. The molecular formula is C21H25N5. The first-order valence-electron chi connectivity index (χ1n) is 9.28. The van der Waals surface area contributed by atoms with Crippen LogP contribution in [-0.2, 0) is 12.8 Å². The Morgan fingerprint density at radius 2 is 2.08 bits per heavy atom. The highest BCUT2D eigenvalue weighted by molar-refractivity contribution is 5.79. The third-order valence-electron chi connectivity index (χ3n) is 5.08. The second-order valence-electron chi connectivity index (χ2n) is 6.76. The topological polar surface area (TPSA) is 53.7 Å². The molecule has 1 unspecified atom stereocenters. The van der Waals surface area contributed by atoms with Crippen LogP contribution in [0.25, 0.3) is 5.65 Å². The van der Waals surface area contributed by atoms with E-state index in [1.165, 1.54) is 24.0 Å². The van der Waals surface area contributed by atoms with Gasteiger partial charge < -0.3 is 15.0 Å². The highest BCUT2D eigenvalue weighted by Gasteiger charge is 2.21. The fraction of sp³-hybridized carbons (Fsp3) is 0.333. The molecule has 0 bridgehead atoms. The van der Waals surface area contributed by atoms with Gasteiger partial charge in [-0.2, -0.15) is 0 Å². The minimum Gasteiger partial charge on any atom is -0.356 e. The molecule has 0 saturated carbocycles. The Morgan fingerprint density at radius 3 is 2.96 bits per heavy atom. The molecule has 4 rings (SSSR count). The first kappa shape index (κ1) is 16.6. The number of aromatic nitrogens is 2. The van der Waals surface area contributed by atoms with Crippen LogP contribution in [0.15, 0.2) is 59.9 Å². The minimum absolute atomic E-state index is 0.572. The van der Waals surface area contributed by atoms with Gasteiger partial charge in [0.1, 0.15) is 5.65 Å². The van der Waals surface area contributed by atoms with Crippen molar-refractivity contribution in [2.24, 2.45) is 4.99 Å². The minimum atomic E-state index is 0.572. The second-order valence-corrected chi connectivity index (χ2v) is 6.76. The molecule has 2 heterocycles. The third kappa shape index (κ3) is 3.57. The molecule has 0 fully saturated rings. The summed E-state index contributed by atoms with van der Waals surface area (Å²) in [6.45, 7) is 1.73. The molecule has 1 atom stereocenters. The molecule has 2 aromatic heterocycles. The summed E-state index contributed by atoms with van der Waals surface area (Å²) in [5, 5.41) is 6.88. The van der Waals surface area contributed by atoms with Crippen LogP contribution in [0.5, 0.6) is 0 Å². The van der Waals surface area contributed by atoms with Crippen molar-refractivity contribution in [3.05, 3.63) is 71.7 Å². The van der Waals surface area contributed by atoms with Crippen molar-refractivity contribution in [3.63, 3.8) is 0 Å². The number of fused-ring (bicyclic) bond motifs is 2. The van der Waals surface area contributed by atoms with Crippen LogP contribution in [-0.4, -0.2) is 35.5 Å². The quantitative estimate of drug-likeness (QED) is 0.551. The Balaban J connectivity index is 1.27. The summed E-state index contributed by atoms with van der Waals surface area (Å²) in [5.41, 5.74) is 5.06. The van der Waals surface area contributed by atoms with Gasteiger partial charge in [-0.15, -0.1) is 0 Å². The standard InChI is InChI=1S/C21H25N5/c1-22-21(24-14-17-10-9-16-6-2-3-7-19(16)17)23-12-11-18-15-26-13-5-4-8-20(26)25-18/h2-8,13,15,17H,9-12,14H2,1H3,(H2,22,23,24). The van der Waals surface area contributed by atoms with Crippen molar-refractivity contribution in [2.75, 3.05) is 20.1 Å². The van der Waals surface area contributed by atoms with Crippen LogP contribution >= 0.6 is 0 Å². The van der Waals surface area contributed by atoms with Crippen LogP contribution in [0.1, 0.15) is 29.2 Å². The Labute approximate surface area is 154 Å². The maximum absolute atomic E-state index is 4.63. The number of benzene rings is 1. The predicted octanol–water partition coefficient (Wildman–Crippen LogP) is 2.77. The predicted molar refractivity (Wildman–Crippen MR) is 106 cm³/mol. The lowest BCUT2D eigenvalue weighted by molar-refractivity contribution is 0.641. The molecule has 2 N–H and O–H groups in total. The Morgan fingerprint density at radius 1 is 1.19 bits per heavy atom. The molecular weight excluding hydrogens is 322 g/mol. The Kier molecular flexibility index (Phi) is 4.86. The number of imidazole rings is 1. The average molecular weight is 347 g/mol. The van der Waals surface area contributed by atoms with Gasteiger partial charge in [0.05, 0.1) is 5.69 Å². The van der Waals surface area contributed by atoms with Crippen molar-refractivity contribution < 1.29 is 0 Å². The molecule has 0 saturated heterocycles. The van der Waals surface area contributed by atoms with Crippen molar-refractivity contribution in [1.82, 2.24) is 20.0 Å². The van der Waals surface area contributed by atoms with E-state index in [4.69, 9.17) is 0 Å². The number of hydrogen-bond donors (Lipinski definition) is 2. The van der Waals surface area contributed by atoms with Gasteiger partial charge in [0.25, 0.3) is 0 Å². The van der Waals surface area contributed by atoms with Crippen LogP contribution in [0.2, 0.25) is 0 Å². The van der Waals surface area contributed by atoms with Gasteiger partial charge in [-0.05, 0) is 36.1 Å². The summed E-state index contributed by atoms with van der Waals surface area (Å²) in [5.74, 6) is 1.43. The Hall–Kier alpha value is -2.82. The summed E-state index contributed by atoms with van der Waals surface area (Å²) in [7, 11) is 1.82. The summed E-state index contributed by atoms with van der Waals surface area (Å²) in [6, 6.07) is 14.8. The molecule has 1 aromatic carbocycles. The molecule has 134 valence electrons. The van der Waals surface area contributed by atoms with Gasteiger partial charge >= 0.3 is 0 Å². The van der Waals surface area contributed by atoms with Gasteiger partial charge in [-0.1, -0.05) is 30.3 Å². The highest BCUT2D eigenvalue weighted by Crippen LogP contribution is 2.32.